The molecule has 1 unspecified atom stereocenters. The zero-order valence-electron chi connectivity index (χ0n) is 18.9. The van der Waals surface area contributed by atoms with Gasteiger partial charge in [-0.1, -0.05) is 47.1 Å². The van der Waals surface area contributed by atoms with E-state index in [2.05, 4.69) is 41.8 Å². The van der Waals surface area contributed by atoms with Gasteiger partial charge in [0.25, 0.3) is 7.82 Å². The number of rotatable bonds is 14. The maximum Gasteiger partial charge on any atom is 0.272 e. The van der Waals surface area contributed by atoms with Gasteiger partial charge in [0.1, 0.15) is 12.4 Å². The third-order valence-corrected chi connectivity index (χ3v) is 6.39. The fraction of sp³-hybridized carbons (Fsp3) is 0.455. The van der Waals surface area contributed by atoms with E-state index in [1.807, 2.05) is 13.0 Å². The van der Waals surface area contributed by atoms with Gasteiger partial charge in [0.05, 0.1) is 14.4 Å². The highest BCUT2D eigenvalue weighted by Gasteiger charge is 2.13. The van der Waals surface area contributed by atoms with Gasteiger partial charge >= 0.3 is 0 Å². The summed E-state index contributed by atoms with van der Waals surface area (Å²) in [5.74, 6) is 0.374. The van der Waals surface area contributed by atoms with Crippen molar-refractivity contribution in [2.24, 2.45) is 0 Å². The van der Waals surface area contributed by atoms with Gasteiger partial charge in [-0.3, -0.25) is 8.88 Å². The average molecular weight is 485 g/mol. The first-order valence-corrected chi connectivity index (χ1v) is 13.1. The predicted octanol–water partition coefficient (Wildman–Crippen LogP) is 4.31. The maximum atomic E-state index is 11.4. The van der Waals surface area contributed by atoms with Crippen molar-refractivity contribution in [1.82, 2.24) is 0 Å². The highest BCUT2D eigenvalue weighted by molar-refractivity contribution is 7.58. The van der Waals surface area contributed by atoms with E-state index in [0.717, 1.165) is 31.3 Å². The number of para-hydroxylation sites is 1. The third kappa shape index (κ3) is 13.8. The number of phosphoric ester groups is 1. The van der Waals surface area contributed by atoms with Crippen molar-refractivity contribution in [3.63, 3.8) is 0 Å². The minimum atomic E-state index is -5.72. The molecule has 1 aromatic carbocycles. The normalized spacial score (nSPS) is 14.7. The Hall–Kier alpha value is -1.50. The van der Waals surface area contributed by atoms with Crippen LogP contribution >= 0.6 is 15.6 Å². The van der Waals surface area contributed by atoms with Crippen LogP contribution < -0.4 is 19.4 Å². The minimum absolute atomic E-state index is 0.272. The smallest absolute Gasteiger partial charge is 0.272 e. The molecule has 0 saturated heterocycles. The van der Waals surface area contributed by atoms with Crippen molar-refractivity contribution in [3.05, 3.63) is 64.8 Å². The molecule has 0 aromatic heterocycles. The molecule has 0 fully saturated rings. The Labute approximate surface area is 190 Å². The monoisotopic (exact) mass is 485 g/mol. The zero-order valence-corrected chi connectivity index (χ0v) is 20.7. The van der Waals surface area contributed by atoms with E-state index < -0.39 is 22.3 Å². The number of hydrogen-bond acceptors (Lipinski definition) is 8. The summed E-state index contributed by atoms with van der Waals surface area (Å²) in [5, 5.41) is 0. The Morgan fingerprint density at radius 2 is 1.50 bits per heavy atom. The van der Waals surface area contributed by atoms with E-state index in [1.54, 1.807) is 24.3 Å². The molecule has 1 aromatic rings. The molecule has 180 valence electrons. The molecule has 0 spiro atoms. The summed E-state index contributed by atoms with van der Waals surface area (Å²) in [7, 11) is -11.0. The summed E-state index contributed by atoms with van der Waals surface area (Å²) < 4.78 is 35.5. The van der Waals surface area contributed by atoms with Crippen LogP contribution in [0, 0.1) is 0 Å². The second-order valence-corrected chi connectivity index (χ2v) is 10.3. The second-order valence-electron chi connectivity index (χ2n) is 7.63. The lowest BCUT2D eigenvalue weighted by Gasteiger charge is -2.35. The molecule has 32 heavy (non-hydrogen) atoms. The molecule has 0 aliphatic rings. The molecular weight excluding hydrogens is 454 g/mol. The molecule has 0 radical (unpaired) electrons. The quantitative estimate of drug-likeness (QED) is 0.216. The summed E-state index contributed by atoms with van der Waals surface area (Å²) in [6.07, 6.45) is 10.4. The van der Waals surface area contributed by atoms with E-state index in [1.165, 1.54) is 11.1 Å². The molecule has 0 aliphatic carbocycles. The van der Waals surface area contributed by atoms with Crippen LogP contribution in [0.25, 0.3) is 0 Å². The van der Waals surface area contributed by atoms with E-state index in [9.17, 15) is 23.8 Å². The van der Waals surface area contributed by atoms with Crippen LogP contribution in [0.5, 0.6) is 5.75 Å². The van der Waals surface area contributed by atoms with Gasteiger partial charge in [0, 0.05) is 5.56 Å². The first-order valence-electron chi connectivity index (χ1n) is 10.2. The Balaban J connectivity index is 2.54. The summed E-state index contributed by atoms with van der Waals surface area (Å²) in [4.78, 5) is 32.4. The van der Waals surface area contributed by atoms with E-state index in [-0.39, 0.29) is 6.61 Å². The van der Waals surface area contributed by atoms with Crippen molar-refractivity contribution < 1.29 is 37.4 Å². The van der Waals surface area contributed by atoms with Gasteiger partial charge < -0.3 is 28.5 Å². The van der Waals surface area contributed by atoms with Crippen LogP contribution in [0.2, 0.25) is 0 Å². The molecule has 8 nitrogen and oxygen atoms in total. The van der Waals surface area contributed by atoms with E-state index >= 15 is 0 Å². The Bertz CT molecular complexity index is 910. The number of benzene rings is 1. The summed E-state index contributed by atoms with van der Waals surface area (Å²) in [6.45, 7) is 8.07. The van der Waals surface area contributed by atoms with E-state index in [4.69, 9.17) is 4.74 Å². The van der Waals surface area contributed by atoms with E-state index in [0.29, 0.717) is 11.3 Å². The first kappa shape index (κ1) is 28.5. The fourth-order valence-electron chi connectivity index (χ4n) is 2.63. The van der Waals surface area contributed by atoms with Gasteiger partial charge in [0.2, 0.25) is 0 Å². The largest absolute Gasteiger partial charge is 0.790 e. The number of phosphoric acid groups is 2. The second kappa shape index (κ2) is 13.9. The van der Waals surface area contributed by atoms with Gasteiger partial charge in [-0.05, 0) is 65.5 Å². The zero-order chi connectivity index (χ0) is 24.2. The molecule has 1 rings (SSSR count). The van der Waals surface area contributed by atoms with Gasteiger partial charge in [0.15, 0.2) is 0 Å². The van der Waals surface area contributed by atoms with Crippen molar-refractivity contribution >= 4 is 15.6 Å². The maximum absolute atomic E-state index is 11.4. The highest BCUT2D eigenvalue weighted by atomic mass is 31.3. The van der Waals surface area contributed by atoms with Crippen LogP contribution in [-0.2, 0) is 24.6 Å². The number of ether oxygens (including phenoxy) is 1. The van der Waals surface area contributed by atoms with Crippen molar-refractivity contribution in [1.29, 1.82) is 0 Å². The molecular formula is C22H31O8P2-3. The lowest BCUT2D eigenvalue weighted by molar-refractivity contribution is -0.339. The molecule has 1 atom stereocenters. The SMILES string of the molecule is CC(C)=CCC/C=C(\C)CC/C(C)=C/COc1ccccc1COP(=O)([O-])OP(=O)([O-])[O-]. The Morgan fingerprint density at radius 1 is 0.906 bits per heavy atom. The fourth-order valence-corrected chi connectivity index (χ4v) is 4.10. The number of allylic oxidation sites excluding steroid dienone is 5. The van der Waals surface area contributed by atoms with Gasteiger partial charge in [-0.15, -0.1) is 0 Å². The summed E-state index contributed by atoms with van der Waals surface area (Å²) in [6, 6.07) is 6.53. The molecule has 0 N–H and O–H groups in total. The van der Waals surface area contributed by atoms with Crippen molar-refractivity contribution in [2.75, 3.05) is 6.61 Å². The summed E-state index contributed by atoms with van der Waals surface area (Å²) in [5.41, 5.74) is 4.19. The highest BCUT2D eigenvalue weighted by Crippen LogP contribution is 2.51. The molecule has 0 bridgehead atoms. The number of unbranched alkanes of at least 4 members (excludes halogenated alkanes) is 1. The van der Waals surface area contributed by atoms with Crippen LogP contribution in [-0.4, -0.2) is 6.61 Å². The van der Waals surface area contributed by atoms with Crippen LogP contribution in [0.4, 0.5) is 0 Å². The molecule has 10 heteroatoms. The van der Waals surface area contributed by atoms with Crippen LogP contribution in [0.1, 0.15) is 58.9 Å². The summed E-state index contributed by atoms with van der Waals surface area (Å²) >= 11 is 0. The van der Waals surface area contributed by atoms with Crippen LogP contribution in [0.3, 0.4) is 0 Å². The molecule has 0 aliphatic heterocycles. The first-order chi connectivity index (χ1) is 14.9. The number of hydrogen-bond donors (Lipinski definition) is 0. The predicted molar refractivity (Wildman–Crippen MR) is 118 cm³/mol. The van der Waals surface area contributed by atoms with Gasteiger partial charge in [-0.2, -0.15) is 0 Å². The Morgan fingerprint density at radius 3 is 2.12 bits per heavy atom. The average Bonchev–Trinajstić information content (AvgIpc) is 2.67. The third-order valence-electron chi connectivity index (χ3n) is 4.35. The van der Waals surface area contributed by atoms with Gasteiger partial charge in [-0.25, -0.2) is 0 Å². The standard InChI is InChI=1S/C22H34O8P2/c1-18(2)9-5-6-10-19(3)13-14-20(4)15-16-28-22-12-8-7-11-21(22)17-29-32(26,27)30-31(23,24)25/h7-12,15H,5-6,13-14,16-17H2,1-4H3,(H,26,27)(H2,23,24,25)/p-3/b19-10+,20-15+. The van der Waals surface area contributed by atoms with Crippen molar-refractivity contribution in [3.8, 4) is 5.75 Å². The van der Waals surface area contributed by atoms with Crippen LogP contribution in [0.15, 0.2) is 59.2 Å². The lowest BCUT2D eigenvalue weighted by atomic mass is 10.1. The minimum Gasteiger partial charge on any atom is -0.790 e. The molecule has 0 amide bonds. The topological polar surface area (TPSA) is 131 Å². The molecule has 0 heterocycles. The van der Waals surface area contributed by atoms with Crippen molar-refractivity contribution in [2.45, 2.75) is 60.0 Å². The lowest BCUT2D eigenvalue weighted by Crippen LogP contribution is -2.19. The Kier molecular flexibility index (Phi) is 12.4. The molecule has 0 saturated carbocycles.